The molecule has 0 bridgehead atoms. The second kappa shape index (κ2) is 5.09. The highest BCUT2D eigenvalue weighted by molar-refractivity contribution is 6.05. The van der Waals surface area contributed by atoms with Gasteiger partial charge in [0.05, 0.1) is 30.2 Å². The Morgan fingerprint density at radius 2 is 2.35 bits per heavy atom. The minimum absolute atomic E-state index is 0.233. The van der Waals surface area contributed by atoms with Gasteiger partial charge in [0.2, 0.25) is 0 Å². The molecule has 1 atom stereocenters. The number of carbonyl (C=O) groups excluding carboxylic acids is 1. The Morgan fingerprint density at radius 3 is 3.00 bits per heavy atom. The van der Waals surface area contributed by atoms with Crippen molar-refractivity contribution in [2.45, 2.75) is 26.3 Å². The van der Waals surface area contributed by atoms with Crippen molar-refractivity contribution in [2.24, 2.45) is 0 Å². The van der Waals surface area contributed by atoms with Gasteiger partial charge in [-0.15, -0.1) is 0 Å². The van der Waals surface area contributed by atoms with E-state index in [1.807, 2.05) is 10.9 Å². The fraction of sp³-hybridized carbons (Fsp3) is 0.462. The number of ether oxygens (including phenoxy) is 1. The topological polar surface area (TPSA) is 82.2 Å². The van der Waals surface area contributed by atoms with Gasteiger partial charge in [0.25, 0.3) is 5.91 Å². The predicted molar refractivity (Wildman–Crippen MR) is 70.6 cm³/mol. The Kier molecular flexibility index (Phi) is 3.27. The summed E-state index contributed by atoms with van der Waals surface area (Å²) in [5, 5.41) is 10.8. The largest absolute Gasteiger partial charge is 0.379 e. The number of carbonyl (C=O) groups is 1. The van der Waals surface area contributed by atoms with Gasteiger partial charge in [-0.1, -0.05) is 5.16 Å². The Labute approximate surface area is 115 Å². The number of nitrogens with one attached hydrogen (secondary N) is 1. The van der Waals surface area contributed by atoms with Crippen LogP contribution < -0.4 is 5.32 Å². The summed E-state index contributed by atoms with van der Waals surface area (Å²) in [4.78, 5) is 12.2. The highest BCUT2D eigenvalue weighted by Crippen LogP contribution is 2.20. The number of aryl methyl sites for hydroxylation is 2. The van der Waals surface area contributed by atoms with E-state index in [0.29, 0.717) is 29.3 Å². The van der Waals surface area contributed by atoms with Gasteiger partial charge in [-0.25, -0.2) is 0 Å². The van der Waals surface area contributed by atoms with E-state index in [4.69, 9.17) is 9.26 Å². The van der Waals surface area contributed by atoms with Crippen molar-refractivity contribution in [3.05, 3.63) is 29.4 Å². The lowest BCUT2D eigenvalue weighted by Gasteiger charge is -2.06. The summed E-state index contributed by atoms with van der Waals surface area (Å²) in [5.41, 5.74) is 1.71. The molecule has 1 unspecified atom stereocenters. The van der Waals surface area contributed by atoms with Gasteiger partial charge in [-0.05, 0) is 20.3 Å². The summed E-state index contributed by atoms with van der Waals surface area (Å²) >= 11 is 0. The maximum Gasteiger partial charge on any atom is 0.261 e. The van der Waals surface area contributed by atoms with Crippen LogP contribution in [0.2, 0.25) is 0 Å². The zero-order valence-electron chi connectivity index (χ0n) is 11.4. The lowest BCUT2D eigenvalue weighted by molar-refractivity contribution is 0.102. The van der Waals surface area contributed by atoms with Gasteiger partial charge in [0, 0.05) is 12.8 Å². The van der Waals surface area contributed by atoms with Crippen LogP contribution in [0, 0.1) is 13.8 Å². The molecule has 3 heterocycles. The highest BCUT2D eigenvalue weighted by atomic mass is 16.5. The van der Waals surface area contributed by atoms with Crippen molar-refractivity contribution >= 4 is 11.6 Å². The van der Waals surface area contributed by atoms with Crippen LogP contribution in [-0.4, -0.2) is 34.1 Å². The van der Waals surface area contributed by atoms with E-state index < -0.39 is 0 Å². The first kappa shape index (κ1) is 12.9. The van der Waals surface area contributed by atoms with Crippen LogP contribution in [0.3, 0.4) is 0 Å². The van der Waals surface area contributed by atoms with Gasteiger partial charge < -0.3 is 14.6 Å². The highest BCUT2D eigenvalue weighted by Gasteiger charge is 2.20. The normalized spacial score (nSPS) is 18.4. The van der Waals surface area contributed by atoms with Gasteiger partial charge in [0.1, 0.15) is 11.3 Å². The van der Waals surface area contributed by atoms with Crippen molar-refractivity contribution < 1.29 is 14.1 Å². The van der Waals surface area contributed by atoms with Gasteiger partial charge in [-0.3, -0.25) is 9.48 Å². The Morgan fingerprint density at radius 1 is 1.50 bits per heavy atom. The van der Waals surface area contributed by atoms with Crippen LogP contribution in [0.4, 0.5) is 5.69 Å². The Balaban J connectivity index is 1.73. The van der Waals surface area contributed by atoms with Gasteiger partial charge in [-0.2, -0.15) is 5.10 Å². The number of amides is 1. The number of anilines is 1. The molecule has 7 nitrogen and oxygen atoms in total. The molecule has 1 amide bonds. The second-order valence-electron chi connectivity index (χ2n) is 4.88. The van der Waals surface area contributed by atoms with E-state index >= 15 is 0 Å². The van der Waals surface area contributed by atoms with Crippen LogP contribution in [0.1, 0.15) is 34.3 Å². The third kappa shape index (κ3) is 2.32. The molecule has 20 heavy (non-hydrogen) atoms. The van der Waals surface area contributed by atoms with Crippen LogP contribution in [0.25, 0.3) is 0 Å². The lowest BCUT2D eigenvalue weighted by Crippen LogP contribution is -2.13. The molecule has 2 aromatic heterocycles. The number of rotatable bonds is 3. The maximum absolute atomic E-state index is 12.2. The standard InChI is InChI=1S/C13H16N4O3/c1-8-12(9(2)20-16-8)13(18)15-10-5-14-17(6-10)11-3-4-19-7-11/h5-6,11H,3-4,7H2,1-2H3,(H,15,18). The minimum atomic E-state index is -0.233. The Bertz CT molecular complexity index is 606. The molecule has 1 aliphatic rings. The molecule has 1 saturated heterocycles. The molecule has 1 aliphatic heterocycles. The van der Waals surface area contributed by atoms with Crippen molar-refractivity contribution in [3.63, 3.8) is 0 Å². The van der Waals surface area contributed by atoms with Gasteiger partial charge in [0.15, 0.2) is 0 Å². The minimum Gasteiger partial charge on any atom is -0.379 e. The quantitative estimate of drug-likeness (QED) is 0.922. The van der Waals surface area contributed by atoms with Gasteiger partial charge >= 0.3 is 0 Å². The smallest absolute Gasteiger partial charge is 0.261 e. The summed E-state index contributed by atoms with van der Waals surface area (Å²) in [7, 11) is 0. The first-order chi connectivity index (χ1) is 9.65. The maximum atomic E-state index is 12.2. The van der Waals surface area contributed by atoms with Crippen LogP contribution in [0.5, 0.6) is 0 Å². The molecular formula is C13H16N4O3. The molecule has 0 spiro atoms. The molecule has 0 aliphatic carbocycles. The summed E-state index contributed by atoms with van der Waals surface area (Å²) in [6.07, 6.45) is 4.39. The van der Waals surface area contributed by atoms with E-state index in [1.165, 1.54) is 0 Å². The Hall–Kier alpha value is -2.15. The number of aromatic nitrogens is 3. The van der Waals surface area contributed by atoms with Crippen molar-refractivity contribution in [1.29, 1.82) is 0 Å². The monoisotopic (exact) mass is 276 g/mol. The fourth-order valence-electron chi connectivity index (χ4n) is 2.33. The zero-order chi connectivity index (χ0) is 14.1. The molecule has 0 saturated carbocycles. The molecule has 1 fully saturated rings. The van der Waals surface area contributed by atoms with Crippen LogP contribution in [0.15, 0.2) is 16.9 Å². The molecule has 1 N–H and O–H groups in total. The van der Waals surface area contributed by atoms with E-state index in [-0.39, 0.29) is 11.9 Å². The average Bonchev–Trinajstić information content (AvgIpc) is 3.10. The summed E-state index contributed by atoms with van der Waals surface area (Å²) in [6.45, 7) is 4.88. The van der Waals surface area contributed by atoms with E-state index in [0.717, 1.165) is 13.0 Å². The molecule has 3 rings (SSSR count). The van der Waals surface area contributed by atoms with Crippen molar-refractivity contribution in [3.8, 4) is 0 Å². The first-order valence-corrected chi connectivity index (χ1v) is 6.51. The summed E-state index contributed by atoms with van der Waals surface area (Å²) < 4.78 is 12.1. The number of hydrogen-bond acceptors (Lipinski definition) is 5. The third-order valence-electron chi connectivity index (χ3n) is 3.40. The average molecular weight is 276 g/mol. The second-order valence-corrected chi connectivity index (χ2v) is 4.88. The predicted octanol–water partition coefficient (Wildman–Crippen LogP) is 1.70. The van der Waals surface area contributed by atoms with E-state index in [2.05, 4.69) is 15.6 Å². The lowest BCUT2D eigenvalue weighted by atomic mass is 10.2. The fourth-order valence-corrected chi connectivity index (χ4v) is 2.33. The number of nitrogens with zero attached hydrogens (tertiary/aromatic N) is 3. The molecule has 2 aromatic rings. The molecule has 0 radical (unpaired) electrons. The molecular weight excluding hydrogens is 260 g/mol. The SMILES string of the molecule is Cc1noc(C)c1C(=O)Nc1cnn(C2CCOC2)c1. The molecule has 106 valence electrons. The van der Waals surface area contributed by atoms with E-state index in [9.17, 15) is 4.79 Å². The van der Waals surface area contributed by atoms with Crippen molar-refractivity contribution in [2.75, 3.05) is 18.5 Å². The number of hydrogen-bond donors (Lipinski definition) is 1. The first-order valence-electron chi connectivity index (χ1n) is 6.51. The molecule has 7 heteroatoms. The summed E-state index contributed by atoms with van der Waals surface area (Å²) in [6, 6.07) is 0.250. The van der Waals surface area contributed by atoms with E-state index in [1.54, 1.807) is 20.0 Å². The summed E-state index contributed by atoms with van der Waals surface area (Å²) in [5.74, 6) is 0.278. The molecule has 0 aromatic carbocycles. The van der Waals surface area contributed by atoms with Crippen LogP contribution >= 0.6 is 0 Å². The van der Waals surface area contributed by atoms with Crippen LogP contribution in [-0.2, 0) is 4.74 Å². The van der Waals surface area contributed by atoms with Crippen molar-refractivity contribution in [1.82, 2.24) is 14.9 Å². The third-order valence-corrected chi connectivity index (χ3v) is 3.40. The zero-order valence-corrected chi connectivity index (χ0v) is 11.4.